The summed E-state index contributed by atoms with van der Waals surface area (Å²) >= 11 is 0. The number of benzene rings is 2. The Labute approximate surface area is 208 Å². The molecule has 0 unspecified atom stereocenters. The molecule has 2 aromatic carbocycles. The molecule has 12 nitrogen and oxygen atoms in total. The van der Waals surface area contributed by atoms with Crippen LogP contribution in [-0.2, 0) is 19.8 Å². The van der Waals surface area contributed by atoms with E-state index in [0.717, 1.165) is 11.8 Å². The van der Waals surface area contributed by atoms with E-state index in [1.165, 1.54) is 7.05 Å². The van der Waals surface area contributed by atoms with Gasteiger partial charge in [-0.15, -0.1) is 0 Å². The zero-order chi connectivity index (χ0) is 26.1. The van der Waals surface area contributed by atoms with Gasteiger partial charge in [-0.3, -0.25) is 19.5 Å². The summed E-state index contributed by atoms with van der Waals surface area (Å²) < 4.78 is 23.4. The van der Waals surface area contributed by atoms with Crippen LogP contribution in [-0.4, -0.2) is 41.1 Å². The molecule has 1 aromatic heterocycles. The molecule has 0 atom stereocenters. The number of hydrogen-bond acceptors (Lipinski definition) is 10. The SMILES string of the molecule is CCOP(=O)(Cc1ccc(Nc2ncc([N+](=O)[O-])c(Nc3ccccc3C(=O)NC)n2)cc1)OCC. The van der Waals surface area contributed by atoms with Crippen LogP contribution in [0.25, 0.3) is 0 Å². The lowest BCUT2D eigenvalue weighted by atomic mass is 10.1. The lowest BCUT2D eigenvalue weighted by molar-refractivity contribution is -0.384. The minimum atomic E-state index is -3.24. The van der Waals surface area contributed by atoms with Crippen molar-refractivity contribution in [3.8, 4) is 0 Å². The summed E-state index contributed by atoms with van der Waals surface area (Å²) in [6.45, 7) is 4.06. The predicted molar refractivity (Wildman–Crippen MR) is 136 cm³/mol. The number of hydrogen-bond donors (Lipinski definition) is 3. The first-order chi connectivity index (χ1) is 17.3. The molecule has 0 fully saturated rings. The fraction of sp³-hybridized carbons (Fsp3) is 0.261. The van der Waals surface area contributed by atoms with Crippen LogP contribution in [0.3, 0.4) is 0 Å². The van der Waals surface area contributed by atoms with Gasteiger partial charge in [0.15, 0.2) is 0 Å². The summed E-state index contributed by atoms with van der Waals surface area (Å²) in [7, 11) is -1.75. The average molecular weight is 514 g/mol. The van der Waals surface area contributed by atoms with E-state index < -0.39 is 12.5 Å². The number of carbonyl (C=O) groups excluding carboxylic acids is 1. The Morgan fingerprint density at radius 2 is 1.72 bits per heavy atom. The maximum Gasteiger partial charge on any atom is 0.335 e. The van der Waals surface area contributed by atoms with Crippen molar-refractivity contribution in [2.45, 2.75) is 20.0 Å². The van der Waals surface area contributed by atoms with Crippen molar-refractivity contribution in [1.29, 1.82) is 0 Å². The fourth-order valence-corrected chi connectivity index (χ4v) is 4.98. The lowest BCUT2D eigenvalue weighted by Crippen LogP contribution is -2.19. The Hall–Kier alpha value is -3.86. The number of aromatic nitrogens is 2. The van der Waals surface area contributed by atoms with E-state index in [0.29, 0.717) is 16.9 Å². The number of nitrogens with one attached hydrogen (secondary N) is 3. The predicted octanol–water partition coefficient (Wildman–Crippen LogP) is 5.00. The third-order valence-corrected chi connectivity index (χ3v) is 6.91. The van der Waals surface area contributed by atoms with Crippen LogP contribution in [0.2, 0.25) is 0 Å². The van der Waals surface area contributed by atoms with Crippen LogP contribution in [0.5, 0.6) is 0 Å². The number of nitro groups is 1. The maximum absolute atomic E-state index is 12.8. The van der Waals surface area contributed by atoms with Crippen LogP contribution < -0.4 is 16.0 Å². The van der Waals surface area contributed by atoms with Gasteiger partial charge in [-0.25, -0.2) is 4.98 Å². The second kappa shape index (κ2) is 12.2. The van der Waals surface area contributed by atoms with E-state index >= 15 is 0 Å². The Bertz CT molecular complexity index is 1260. The van der Waals surface area contributed by atoms with Crippen LogP contribution >= 0.6 is 7.60 Å². The highest BCUT2D eigenvalue weighted by Gasteiger charge is 2.24. The number of rotatable bonds is 12. The number of nitrogens with zero attached hydrogens (tertiary/aromatic N) is 3. The molecular weight excluding hydrogens is 487 g/mol. The zero-order valence-electron chi connectivity index (χ0n) is 20.1. The summed E-state index contributed by atoms with van der Waals surface area (Å²) in [5.41, 5.74) is 1.65. The van der Waals surface area contributed by atoms with Gasteiger partial charge in [0.05, 0.1) is 35.5 Å². The van der Waals surface area contributed by atoms with Crippen molar-refractivity contribution < 1.29 is 23.3 Å². The van der Waals surface area contributed by atoms with E-state index in [1.807, 2.05) is 0 Å². The van der Waals surface area contributed by atoms with Crippen molar-refractivity contribution in [2.75, 3.05) is 30.9 Å². The molecule has 190 valence electrons. The minimum absolute atomic E-state index is 0.0835. The molecule has 3 rings (SSSR count). The number of anilines is 4. The fourth-order valence-electron chi connectivity index (χ4n) is 3.28. The van der Waals surface area contributed by atoms with Crippen molar-refractivity contribution in [3.63, 3.8) is 0 Å². The van der Waals surface area contributed by atoms with Crippen LogP contribution in [0, 0.1) is 10.1 Å². The van der Waals surface area contributed by atoms with Gasteiger partial charge >= 0.3 is 13.3 Å². The lowest BCUT2D eigenvalue weighted by Gasteiger charge is -2.17. The Balaban J connectivity index is 1.82. The third-order valence-electron chi connectivity index (χ3n) is 4.86. The molecule has 13 heteroatoms. The minimum Gasteiger partial charge on any atom is -0.355 e. The summed E-state index contributed by atoms with van der Waals surface area (Å²) in [6.07, 6.45) is 1.21. The molecule has 1 heterocycles. The molecule has 0 spiro atoms. The maximum atomic E-state index is 12.8. The highest BCUT2D eigenvalue weighted by molar-refractivity contribution is 7.53. The molecule has 0 bridgehead atoms. The highest BCUT2D eigenvalue weighted by atomic mass is 31.2. The monoisotopic (exact) mass is 514 g/mol. The molecule has 0 saturated carbocycles. The van der Waals surface area contributed by atoms with E-state index in [2.05, 4.69) is 25.9 Å². The van der Waals surface area contributed by atoms with Crippen LogP contribution in [0.15, 0.2) is 54.7 Å². The normalized spacial score (nSPS) is 11.1. The first kappa shape index (κ1) is 26.7. The van der Waals surface area contributed by atoms with Gasteiger partial charge in [0.1, 0.15) is 6.20 Å². The summed E-state index contributed by atoms with van der Waals surface area (Å²) in [5, 5.41) is 19.9. The first-order valence-corrected chi connectivity index (χ1v) is 12.8. The Morgan fingerprint density at radius 3 is 2.33 bits per heavy atom. The smallest absolute Gasteiger partial charge is 0.335 e. The van der Waals surface area contributed by atoms with Gasteiger partial charge < -0.3 is 25.0 Å². The molecule has 0 aliphatic rings. The van der Waals surface area contributed by atoms with E-state index in [9.17, 15) is 19.5 Å². The topological polar surface area (TPSA) is 158 Å². The van der Waals surface area contributed by atoms with Gasteiger partial charge in [0, 0.05) is 12.7 Å². The van der Waals surface area contributed by atoms with Crippen molar-refractivity contribution in [1.82, 2.24) is 15.3 Å². The van der Waals surface area contributed by atoms with Gasteiger partial charge in [-0.2, -0.15) is 4.98 Å². The van der Waals surface area contributed by atoms with Crippen LogP contribution in [0.4, 0.5) is 28.8 Å². The average Bonchev–Trinajstić information content (AvgIpc) is 2.85. The molecule has 0 aliphatic heterocycles. The molecule has 1 amide bonds. The number of para-hydroxylation sites is 1. The second-order valence-electron chi connectivity index (χ2n) is 7.36. The van der Waals surface area contributed by atoms with Gasteiger partial charge in [-0.05, 0) is 43.7 Å². The van der Waals surface area contributed by atoms with E-state index in [1.54, 1.807) is 62.4 Å². The van der Waals surface area contributed by atoms with Crippen molar-refractivity contribution in [3.05, 3.63) is 76.0 Å². The van der Waals surface area contributed by atoms with Crippen LogP contribution in [0.1, 0.15) is 29.8 Å². The molecule has 0 aliphatic carbocycles. The number of amides is 1. The molecule has 0 saturated heterocycles. The number of carbonyl (C=O) groups is 1. The molecule has 36 heavy (non-hydrogen) atoms. The molecule has 0 radical (unpaired) electrons. The zero-order valence-corrected chi connectivity index (χ0v) is 21.0. The Morgan fingerprint density at radius 1 is 1.06 bits per heavy atom. The molecule has 3 aromatic rings. The second-order valence-corrected chi connectivity index (χ2v) is 9.42. The van der Waals surface area contributed by atoms with Gasteiger partial charge in [0.25, 0.3) is 5.91 Å². The van der Waals surface area contributed by atoms with Gasteiger partial charge in [-0.1, -0.05) is 24.3 Å². The van der Waals surface area contributed by atoms with Gasteiger partial charge in [0.2, 0.25) is 11.8 Å². The Kier molecular flexibility index (Phi) is 9.07. The summed E-state index contributed by atoms with van der Waals surface area (Å²) in [4.78, 5) is 31.4. The molecule has 3 N–H and O–H groups in total. The first-order valence-electron chi connectivity index (χ1n) is 11.1. The molecular formula is C23H27N6O6P. The standard InChI is InChI=1S/C23H27N6O6P/c1-4-34-36(33,35-5-2)15-16-10-12-17(13-11-16)26-23-25-14-20(29(31)32)21(28-23)27-19-9-7-6-8-18(19)22(30)24-3/h6-14H,4-5,15H2,1-3H3,(H,24,30)(H2,25,26,27,28). The quantitative estimate of drug-likeness (QED) is 0.171. The summed E-state index contributed by atoms with van der Waals surface area (Å²) in [6, 6.07) is 13.6. The largest absolute Gasteiger partial charge is 0.355 e. The van der Waals surface area contributed by atoms with E-state index in [-0.39, 0.29) is 42.7 Å². The van der Waals surface area contributed by atoms with E-state index in [4.69, 9.17) is 9.05 Å². The van der Waals surface area contributed by atoms with Crippen molar-refractivity contribution in [2.24, 2.45) is 0 Å². The third kappa shape index (κ3) is 6.85. The van der Waals surface area contributed by atoms with Crippen molar-refractivity contribution >= 4 is 42.3 Å². The highest BCUT2D eigenvalue weighted by Crippen LogP contribution is 2.51. The summed E-state index contributed by atoms with van der Waals surface area (Å²) in [5.74, 6) is -0.339.